The third-order valence-corrected chi connectivity index (χ3v) is 3.96. The van der Waals surface area contributed by atoms with Gasteiger partial charge in [-0.1, -0.05) is 29.3 Å². The molecule has 0 saturated carbocycles. The first-order chi connectivity index (χ1) is 9.88. The number of nitrogens with one attached hydrogen (secondary N) is 1. The largest absolute Gasteiger partial charge is 0.378 e. The minimum atomic E-state index is -0.435. The maximum Gasteiger partial charge on any atom is 0.283 e. The predicted octanol–water partition coefficient (Wildman–Crippen LogP) is 4.98. The van der Waals surface area contributed by atoms with Gasteiger partial charge >= 0.3 is 0 Å². The molecule has 0 fully saturated rings. The highest BCUT2D eigenvalue weighted by Gasteiger charge is 2.13. The van der Waals surface area contributed by atoms with Gasteiger partial charge in [0, 0.05) is 12.6 Å². The molecule has 0 saturated heterocycles. The van der Waals surface area contributed by atoms with E-state index in [1.54, 1.807) is 18.2 Å². The lowest BCUT2D eigenvalue weighted by molar-refractivity contribution is -0.385. The van der Waals surface area contributed by atoms with Crippen LogP contribution in [0.25, 0.3) is 0 Å². The zero-order valence-electron chi connectivity index (χ0n) is 10.9. The molecule has 0 spiro atoms. The number of nitro benzene ring substituents is 1. The second-order valence-corrected chi connectivity index (χ2v) is 5.92. The molecule has 110 valence electrons. The number of hydrogen-bond acceptors (Lipinski definition) is 4. The Balaban J connectivity index is 2.21. The summed E-state index contributed by atoms with van der Waals surface area (Å²) in [6, 6.07) is 6.63. The highest BCUT2D eigenvalue weighted by Crippen LogP contribution is 2.29. The Kier molecular flexibility index (Phi) is 5.03. The molecule has 0 aliphatic rings. The topological polar surface area (TPSA) is 68.1 Å². The van der Waals surface area contributed by atoms with Gasteiger partial charge in [0.1, 0.15) is 5.15 Å². The summed E-state index contributed by atoms with van der Waals surface area (Å²) in [5.74, 6) is 0. The molecule has 0 amide bonds. The van der Waals surface area contributed by atoms with Gasteiger partial charge < -0.3 is 5.32 Å². The van der Waals surface area contributed by atoms with Crippen LogP contribution in [0.15, 0.2) is 28.7 Å². The normalized spacial score (nSPS) is 10.5. The summed E-state index contributed by atoms with van der Waals surface area (Å²) in [6.07, 6.45) is 0. The lowest BCUT2D eigenvalue weighted by Crippen LogP contribution is -2.03. The van der Waals surface area contributed by atoms with Crippen LogP contribution in [-0.2, 0) is 6.54 Å². The van der Waals surface area contributed by atoms with Gasteiger partial charge in [-0.2, -0.15) is 0 Å². The molecule has 0 atom stereocenters. The van der Waals surface area contributed by atoms with E-state index in [9.17, 15) is 10.1 Å². The van der Waals surface area contributed by atoms with E-state index >= 15 is 0 Å². The molecule has 1 N–H and O–H groups in total. The molecular formula is C13H10BrCl2N3O2. The zero-order valence-corrected chi connectivity index (χ0v) is 14.0. The van der Waals surface area contributed by atoms with Crippen molar-refractivity contribution in [3.05, 3.63) is 60.3 Å². The minimum Gasteiger partial charge on any atom is -0.378 e. The molecule has 21 heavy (non-hydrogen) atoms. The molecule has 2 rings (SSSR count). The van der Waals surface area contributed by atoms with E-state index in [2.05, 4.69) is 26.2 Å². The van der Waals surface area contributed by atoms with Gasteiger partial charge in [0.15, 0.2) is 5.15 Å². The van der Waals surface area contributed by atoms with Gasteiger partial charge in [0.25, 0.3) is 5.69 Å². The molecule has 0 radical (unpaired) electrons. The monoisotopic (exact) mass is 389 g/mol. The minimum absolute atomic E-state index is 0.0198. The third-order valence-electron chi connectivity index (χ3n) is 2.82. The van der Waals surface area contributed by atoms with Crippen LogP contribution in [0, 0.1) is 17.0 Å². The van der Waals surface area contributed by atoms with Crippen molar-refractivity contribution >= 4 is 50.5 Å². The predicted molar refractivity (Wildman–Crippen MR) is 87.1 cm³/mol. The van der Waals surface area contributed by atoms with Crippen molar-refractivity contribution in [2.24, 2.45) is 0 Å². The summed E-state index contributed by atoms with van der Waals surface area (Å²) >= 11 is 15.0. The number of anilines is 1. The number of halogens is 3. The van der Waals surface area contributed by atoms with E-state index in [-0.39, 0.29) is 10.8 Å². The average molecular weight is 391 g/mol. The number of pyridine rings is 1. The number of hydrogen-bond donors (Lipinski definition) is 1. The Bertz CT molecular complexity index is 687. The molecule has 1 heterocycles. The van der Waals surface area contributed by atoms with Crippen molar-refractivity contribution < 1.29 is 4.92 Å². The van der Waals surface area contributed by atoms with Crippen LogP contribution in [0.5, 0.6) is 0 Å². The van der Waals surface area contributed by atoms with Crippen molar-refractivity contribution in [3.63, 3.8) is 0 Å². The highest BCUT2D eigenvalue weighted by atomic mass is 79.9. The molecule has 0 unspecified atom stereocenters. The molecule has 2 aromatic rings. The fourth-order valence-corrected chi connectivity index (χ4v) is 2.80. The fraction of sp³-hybridized carbons (Fsp3) is 0.154. The van der Waals surface area contributed by atoms with Gasteiger partial charge in [-0.25, -0.2) is 4.98 Å². The van der Waals surface area contributed by atoms with Crippen LogP contribution in [0.1, 0.15) is 11.1 Å². The SMILES string of the molecule is Cc1cc(Cl)nc(Cl)c1NCc1ccc(Br)c([N+](=O)[O-])c1. The van der Waals surface area contributed by atoms with Crippen LogP contribution in [0.3, 0.4) is 0 Å². The first-order valence-corrected chi connectivity index (χ1v) is 7.42. The molecule has 0 aliphatic carbocycles. The number of aromatic nitrogens is 1. The van der Waals surface area contributed by atoms with Gasteiger partial charge in [-0.15, -0.1) is 0 Å². The van der Waals surface area contributed by atoms with Crippen LogP contribution in [-0.4, -0.2) is 9.91 Å². The second-order valence-electron chi connectivity index (χ2n) is 4.32. The van der Waals surface area contributed by atoms with E-state index in [1.807, 2.05) is 6.92 Å². The van der Waals surface area contributed by atoms with Crippen LogP contribution >= 0.6 is 39.1 Å². The van der Waals surface area contributed by atoms with Gasteiger partial charge in [0.2, 0.25) is 0 Å². The van der Waals surface area contributed by atoms with Gasteiger partial charge in [-0.05, 0) is 46.1 Å². The molecule has 0 bridgehead atoms. The van der Waals surface area contributed by atoms with Crippen molar-refractivity contribution in [1.82, 2.24) is 4.98 Å². The quantitative estimate of drug-likeness (QED) is 0.454. The van der Waals surface area contributed by atoms with Gasteiger partial charge in [-0.3, -0.25) is 10.1 Å². The maximum atomic E-state index is 10.9. The molecular weight excluding hydrogens is 381 g/mol. The standard InChI is InChI=1S/C13H10BrCl2N3O2/c1-7-4-11(15)18-13(16)12(7)17-6-8-2-3-9(14)10(5-8)19(20)21/h2-5,17H,6H2,1H3. The Morgan fingerprint density at radius 2 is 2.10 bits per heavy atom. The Morgan fingerprint density at radius 3 is 2.71 bits per heavy atom. The molecule has 0 aliphatic heterocycles. The number of aryl methyl sites for hydroxylation is 1. The summed E-state index contributed by atoms with van der Waals surface area (Å²) < 4.78 is 0.443. The van der Waals surface area contributed by atoms with Gasteiger partial charge in [0.05, 0.1) is 15.1 Å². The smallest absolute Gasteiger partial charge is 0.283 e. The van der Waals surface area contributed by atoms with E-state index in [4.69, 9.17) is 23.2 Å². The van der Waals surface area contributed by atoms with E-state index in [0.717, 1.165) is 11.1 Å². The summed E-state index contributed by atoms with van der Waals surface area (Å²) in [5, 5.41) is 14.6. The van der Waals surface area contributed by atoms with Crippen LogP contribution in [0.4, 0.5) is 11.4 Å². The average Bonchev–Trinajstić information content (AvgIpc) is 2.38. The number of nitrogens with zero attached hydrogens (tertiary/aromatic N) is 2. The lowest BCUT2D eigenvalue weighted by Gasteiger charge is -2.11. The Morgan fingerprint density at radius 1 is 1.38 bits per heavy atom. The van der Waals surface area contributed by atoms with E-state index < -0.39 is 4.92 Å². The number of rotatable bonds is 4. The van der Waals surface area contributed by atoms with E-state index in [1.165, 1.54) is 6.07 Å². The maximum absolute atomic E-state index is 10.9. The summed E-state index contributed by atoms with van der Waals surface area (Å²) in [7, 11) is 0. The number of benzene rings is 1. The summed E-state index contributed by atoms with van der Waals surface area (Å²) in [6.45, 7) is 2.24. The molecule has 8 heteroatoms. The lowest BCUT2D eigenvalue weighted by atomic mass is 10.2. The highest BCUT2D eigenvalue weighted by molar-refractivity contribution is 9.10. The first kappa shape index (κ1) is 16.0. The zero-order chi connectivity index (χ0) is 15.6. The second kappa shape index (κ2) is 6.60. The summed E-state index contributed by atoms with van der Waals surface area (Å²) in [5.41, 5.74) is 2.29. The molecule has 1 aromatic carbocycles. The third kappa shape index (κ3) is 3.84. The fourth-order valence-electron chi connectivity index (χ4n) is 1.81. The Labute approximate surface area is 139 Å². The first-order valence-electron chi connectivity index (χ1n) is 5.88. The van der Waals surface area contributed by atoms with Crippen molar-refractivity contribution in [2.45, 2.75) is 13.5 Å². The van der Waals surface area contributed by atoms with E-state index in [0.29, 0.717) is 21.9 Å². The number of nitro groups is 1. The molecule has 1 aromatic heterocycles. The van der Waals surface area contributed by atoms with Crippen LogP contribution < -0.4 is 5.32 Å². The van der Waals surface area contributed by atoms with Crippen molar-refractivity contribution in [1.29, 1.82) is 0 Å². The summed E-state index contributed by atoms with van der Waals surface area (Å²) in [4.78, 5) is 14.4. The van der Waals surface area contributed by atoms with Crippen molar-refractivity contribution in [3.8, 4) is 0 Å². The van der Waals surface area contributed by atoms with Crippen LogP contribution in [0.2, 0.25) is 10.3 Å². The van der Waals surface area contributed by atoms with Crippen molar-refractivity contribution in [2.75, 3.05) is 5.32 Å². The Hall–Kier alpha value is -1.37. The molecule has 5 nitrogen and oxygen atoms in total.